The van der Waals surface area contributed by atoms with Crippen LogP contribution in [0.25, 0.3) is 11.0 Å². The first-order valence-corrected chi connectivity index (χ1v) is 10.1. The molecular formula is C19H20ClN3O2S. The minimum atomic E-state index is -0.346. The molecule has 1 aliphatic carbocycles. The smallest absolute Gasteiger partial charge is 0.336 e. The number of benzene rings is 1. The highest BCUT2D eigenvalue weighted by Gasteiger charge is 2.30. The highest BCUT2D eigenvalue weighted by Crippen LogP contribution is 2.40. The van der Waals surface area contributed by atoms with Crippen molar-refractivity contribution in [2.45, 2.75) is 56.5 Å². The van der Waals surface area contributed by atoms with E-state index in [1.807, 2.05) is 19.1 Å². The molecule has 4 rings (SSSR count). The third-order valence-corrected chi connectivity index (χ3v) is 5.98. The van der Waals surface area contributed by atoms with E-state index in [1.165, 1.54) is 12.8 Å². The molecule has 0 saturated heterocycles. The largest absolute Gasteiger partial charge is 0.423 e. The number of aryl methyl sites for hydroxylation is 1. The fraction of sp³-hybridized carbons (Fsp3) is 0.421. The minimum Gasteiger partial charge on any atom is -0.423 e. The summed E-state index contributed by atoms with van der Waals surface area (Å²) in [7, 11) is 0. The van der Waals surface area contributed by atoms with Crippen LogP contribution in [-0.2, 0) is 5.75 Å². The second kappa shape index (κ2) is 6.74. The second-order valence-electron chi connectivity index (χ2n) is 7.07. The predicted octanol–water partition coefficient (Wildman–Crippen LogP) is 5.10. The van der Waals surface area contributed by atoms with Gasteiger partial charge >= 0.3 is 5.63 Å². The van der Waals surface area contributed by atoms with Crippen LogP contribution in [0.2, 0.25) is 5.02 Å². The average Bonchev–Trinajstić information content (AvgIpc) is 3.33. The monoisotopic (exact) mass is 389 g/mol. The lowest BCUT2D eigenvalue weighted by Gasteiger charge is -2.11. The van der Waals surface area contributed by atoms with Gasteiger partial charge in [-0.1, -0.05) is 37.2 Å². The van der Waals surface area contributed by atoms with Gasteiger partial charge in [0.1, 0.15) is 11.4 Å². The van der Waals surface area contributed by atoms with E-state index in [9.17, 15) is 4.79 Å². The van der Waals surface area contributed by atoms with Gasteiger partial charge in [-0.15, -0.1) is 10.2 Å². The van der Waals surface area contributed by atoms with Crippen LogP contribution in [0.5, 0.6) is 0 Å². The molecule has 136 valence electrons. The number of halogens is 1. The zero-order chi connectivity index (χ0) is 18.4. The Hall–Kier alpha value is -1.79. The third kappa shape index (κ3) is 3.28. The molecule has 1 saturated carbocycles. The average molecular weight is 390 g/mol. The van der Waals surface area contributed by atoms with Crippen molar-refractivity contribution < 1.29 is 4.42 Å². The van der Waals surface area contributed by atoms with Gasteiger partial charge in [0.05, 0.1) is 0 Å². The van der Waals surface area contributed by atoms with E-state index in [2.05, 4.69) is 28.6 Å². The summed E-state index contributed by atoms with van der Waals surface area (Å²) in [5.41, 5.74) is 2.02. The van der Waals surface area contributed by atoms with Crippen LogP contribution in [0.3, 0.4) is 0 Å². The summed E-state index contributed by atoms with van der Waals surface area (Å²) < 4.78 is 7.61. The number of hydrogen-bond acceptors (Lipinski definition) is 5. The molecule has 5 nitrogen and oxygen atoms in total. The molecule has 2 heterocycles. The lowest BCUT2D eigenvalue weighted by Crippen LogP contribution is -2.05. The van der Waals surface area contributed by atoms with E-state index in [-0.39, 0.29) is 5.63 Å². The van der Waals surface area contributed by atoms with Gasteiger partial charge in [0.25, 0.3) is 0 Å². The molecule has 1 aliphatic rings. The number of rotatable bonds is 5. The molecule has 3 aromatic rings. The van der Waals surface area contributed by atoms with Gasteiger partial charge in [0.15, 0.2) is 5.16 Å². The Balaban J connectivity index is 1.69. The summed E-state index contributed by atoms with van der Waals surface area (Å²) in [5.74, 6) is 1.99. The number of fused-ring (bicyclic) bond motifs is 1. The van der Waals surface area contributed by atoms with Crippen molar-refractivity contribution in [3.05, 3.63) is 50.6 Å². The van der Waals surface area contributed by atoms with Gasteiger partial charge in [-0.25, -0.2) is 4.79 Å². The second-order valence-corrected chi connectivity index (χ2v) is 8.42. The van der Waals surface area contributed by atoms with E-state index >= 15 is 0 Å². The van der Waals surface area contributed by atoms with Crippen LogP contribution in [0, 0.1) is 6.92 Å². The van der Waals surface area contributed by atoms with E-state index < -0.39 is 0 Å². The molecule has 26 heavy (non-hydrogen) atoms. The molecule has 1 fully saturated rings. The number of aromatic nitrogens is 3. The summed E-state index contributed by atoms with van der Waals surface area (Å²) in [6.07, 6.45) is 2.36. The summed E-state index contributed by atoms with van der Waals surface area (Å²) in [5, 5.41) is 11.2. The van der Waals surface area contributed by atoms with Crippen molar-refractivity contribution >= 4 is 34.3 Å². The Labute approximate surface area is 160 Å². The summed E-state index contributed by atoms with van der Waals surface area (Å²) in [6, 6.07) is 5.74. The van der Waals surface area contributed by atoms with Gasteiger partial charge in [-0.05, 0) is 43.0 Å². The quantitative estimate of drug-likeness (QED) is 0.449. The lowest BCUT2D eigenvalue weighted by molar-refractivity contribution is 0.559. The first kappa shape index (κ1) is 17.6. The molecule has 1 aromatic carbocycles. The molecule has 0 atom stereocenters. The zero-order valence-electron chi connectivity index (χ0n) is 15.0. The number of hydrogen-bond donors (Lipinski definition) is 0. The number of nitrogens with zero attached hydrogens (tertiary/aromatic N) is 3. The van der Waals surface area contributed by atoms with E-state index in [4.69, 9.17) is 16.0 Å². The van der Waals surface area contributed by atoms with Gasteiger partial charge < -0.3 is 8.98 Å². The summed E-state index contributed by atoms with van der Waals surface area (Å²) in [4.78, 5) is 11.9. The Morgan fingerprint density at radius 2 is 2.08 bits per heavy atom. The molecule has 0 unspecified atom stereocenters. The maximum absolute atomic E-state index is 11.9. The molecular weight excluding hydrogens is 370 g/mol. The third-order valence-electron chi connectivity index (χ3n) is 4.59. The van der Waals surface area contributed by atoms with E-state index in [1.54, 1.807) is 17.8 Å². The SMILES string of the molecule is Cc1cc2oc(=O)cc(CSc3nnc(C(C)C)n3C3CC3)c2cc1Cl. The van der Waals surface area contributed by atoms with Crippen molar-refractivity contribution in [2.75, 3.05) is 0 Å². The first-order chi connectivity index (χ1) is 12.4. The van der Waals surface area contributed by atoms with Crippen LogP contribution in [0.4, 0.5) is 0 Å². The Bertz CT molecular complexity index is 1040. The summed E-state index contributed by atoms with van der Waals surface area (Å²) in [6.45, 7) is 6.17. The van der Waals surface area contributed by atoms with Gasteiger partial charge in [0.2, 0.25) is 0 Å². The van der Waals surface area contributed by atoms with E-state index in [0.717, 1.165) is 27.5 Å². The van der Waals surface area contributed by atoms with Gasteiger partial charge in [-0.2, -0.15) is 0 Å². The van der Waals surface area contributed by atoms with Crippen LogP contribution in [0.1, 0.15) is 55.6 Å². The van der Waals surface area contributed by atoms with Crippen LogP contribution in [-0.4, -0.2) is 14.8 Å². The lowest BCUT2D eigenvalue weighted by atomic mass is 10.1. The molecule has 0 N–H and O–H groups in total. The molecule has 0 bridgehead atoms. The van der Waals surface area contributed by atoms with Crippen molar-refractivity contribution in [3.63, 3.8) is 0 Å². The minimum absolute atomic E-state index is 0.337. The molecule has 0 aliphatic heterocycles. The van der Waals surface area contributed by atoms with Crippen molar-refractivity contribution in [1.29, 1.82) is 0 Å². The Kier molecular flexibility index (Phi) is 4.57. The molecule has 0 spiro atoms. The molecule has 2 aromatic heterocycles. The molecule has 0 radical (unpaired) electrons. The van der Waals surface area contributed by atoms with Crippen molar-refractivity contribution in [2.24, 2.45) is 0 Å². The zero-order valence-corrected chi connectivity index (χ0v) is 16.5. The highest BCUT2D eigenvalue weighted by molar-refractivity contribution is 7.98. The number of thioether (sulfide) groups is 1. The first-order valence-electron chi connectivity index (χ1n) is 8.74. The maximum atomic E-state index is 11.9. The topological polar surface area (TPSA) is 60.9 Å². The maximum Gasteiger partial charge on any atom is 0.336 e. The van der Waals surface area contributed by atoms with Crippen LogP contribution in [0.15, 0.2) is 32.6 Å². The fourth-order valence-corrected chi connectivity index (χ4v) is 4.23. The fourth-order valence-electron chi connectivity index (χ4n) is 3.07. The van der Waals surface area contributed by atoms with Gasteiger partial charge in [0, 0.05) is 34.2 Å². The summed E-state index contributed by atoms with van der Waals surface area (Å²) >= 11 is 7.88. The Morgan fingerprint density at radius 1 is 1.31 bits per heavy atom. The standard InChI is InChI=1S/C19H20ClN3O2S/c1-10(2)18-21-22-19(23(18)13-4-5-13)26-9-12-7-17(24)25-16-6-11(3)15(20)8-14(12)16/h6-8,10,13H,4-5,9H2,1-3H3. The normalized spacial score (nSPS) is 14.5. The van der Waals surface area contributed by atoms with Gasteiger partial charge in [-0.3, -0.25) is 0 Å². The highest BCUT2D eigenvalue weighted by atomic mass is 35.5. The van der Waals surface area contributed by atoms with Crippen LogP contribution >= 0.6 is 23.4 Å². The molecule has 7 heteroatoms. The Morgan fingerprint density at radius 3 is 2.77 bits per heavy atom. The van der Waals surface area contributed by atoms with Crippen molar-refractivity contribution in [3.8, 4) is 0 Å². The van der Waals surface area contributed by atoms with Crippen LogP contribution < -0.4 is 5.63 Å². The van der Waals surface area contributed by atoms with E-state index in [0.29, 0.717) is 28.3 Å². The van der Waals surface area contributed by atoms with Crippen molar-refractivity contribution in [1.82, 2.24) is 14.8 Å². The molecule has 0 amide bonds. The predicted molar refractivity (Wildman–Crippen MR) is 104 cm³/mol.